The molecule has 2 aliphatic rings. The fourth-order valence-corrected chi connectivity index (χ4v) is 4.17. The lowest BCUT2D eigenvalue weighted by Gasteiger charge is -2.37. The van der Waals surface area contributed by atoms with E-state index in [0.29, 0.717) is 49.7 Å². The van der Waals surface area contributed by atoms with Crippen LogP contribution in [0.4, 0.5) is 29.2 Å². The van der Waals surface area contributed by atoms with Crippen molar-refractivity contribution in [2.75, 3.05) is 41.3 Å². The third-order valence-corrected chi connectivity index (χ3v) is 5.54. The van der Waals surface area contributed by atoms with E-state index in [0.717, 1.165) is 12.8 Å². The van der Waals surface area contributed by atoms with Gasteiger partial charge in [-0.1, -0.05) is 0 Å². The number of nitro groups is 1. The molecule has 1 aromatic heterocycles. The van der Waals surface area contributed by atoms with Gasteiger partial charge in [-0.25, -0.2) is 0 Å². The second-order valence-corrected chi connectivity index (χ2v) is 8.51. The maximum atomic E-state index is 10.9. The van der Waals surface area contributed by atoms with E-state index in [4.69, 9.17) is 22.9 Å². The van der Waals surface area contributed by atoms with E-state index in [1.54, 1.807) is 12.1 Å². The molecule has 172 valence electrons. The second kappa shape index (κ2) is 9.16. The van der Waals surface area contributed by atoms with Crippen LogP contribution in [0.3, 0.4) is 0 Å². The highest BCUT2D eigenvalue weighted by Gasteiger charge is 2.28. The van der Waals surface area contributed by atoms with E-state index in [9.17, 15) is 10.1 Å². The molecule has 2 aromatic rings. The Morgan fingerprint density at radius 1 is 0.812 bits per heavy atom. The predicted molar refractivity (Wildman–Crippen MR) is 122 cm³/mol. The third kappa shape index (κ3) is 5.19. The number of aromatic nitrogens is 3. The van der Waals surface area contributed by atoms with Crippen LogP contribution in [-0.4, -0.2) is 70.2 Å². The number of non-ortho nitro benzene ring substituents is 1. The standard InChI is InChI=1S/C19H29N11O2/c20-11-5-12(21)8-28(7-11)18-25-17(24-15-1-3-16(4-2-15)30(31)32)26-19(27-18)29-9-13(22)6-14(23)10-29/h1-4,11-14H,5-10,20-23H2,(H,24,25,26,27)/t11-,12+,13-,14+. The van der Waals surface area contributed by atoms with Crippen LogP contribution in [0, 0.1) is 10.1 Å². The first-order valence-electron chi connectivity index (χ1n) is 10.6. The Morgan fingerprint density at radius 2 is 1.25 bits per heavy atom. The second-order valence-electron chi connectivity index (χ2n) is 8.51. The van der Waals surface area contributed by atoms with Gasteiger partial charge in [0.2, 0.25) is 17.8 Å². The molecule has 0 spiro atoms. The fourth-order valence-electron chi connectivity index (χ4n) is 4.17. The molecule has 13 nitrogen and oxygen atoms in total. The molecular formula is C19H29N11O2. The summed E-state index contributed by atoms with van der Waals surface area (Å²) in [7, 11) is 0. The summed E-state index contributed by atoms with van der Waals surface area (Å²) in [4.78, 5) is 28.2. The van der Waals surface area contributed by atoms with Gasteiger partial charge >= 0.3 is 0 Å². The quantitative estimate of drug-likeness (QED) is 0.286. The van der Waals surface area contributed by atoms with Gasteiger partial charge in [0.15, 0.2) is 0 Å². The summed E-state index contributed by atoms with van der Waals surface area (Å²) in [6, 6.07) is 5.70. The van der Waals surface area contributed by atoms with Gasteiger partial charge in [0.05, 0.1) is 4.92 Å². The maximum absolute atomic E-state index is 10.9. The summed E-state index contributed by atoms with van der Waals surface area (Å²) in [5.41, 5.74) is 25.3. The molecule has 2 aliphatic heterocycles. The number of benzene rings is 1. The van der Waals surface area contributed by atoms with E-state index in [2.05, 4.69) is 20.3 Å². The molecule has 4 rings (SSSR count). The average Bonchev–Trinajstić information content (AvgIpc) is 2.72. The lowest BCUT2D eigenvalue weighted by molar-refractivity contribution is -0.384. The van der Waals surface area contributed by atoms with Gasteiger partial charge in [-0.3, -0.25) is 10.1 Å². The van der Waals surface area contributed by atoms with Crippen molar-refractivity contribution in [2.45, 2.75) is 37.0 Å². The van der Waals surface area contributed by atoms with Crippen LogP contribution in [0.2, 0.25) is 0 Å². The average molecular weight is 444 g/mol. The minimum absolute atomic E-state index is 0.000147. The van der Waals surface area contributed by atoms with Gasteiger partial charge in [0.1, 0.15) is 0 Å². The number of rotatable bonds is 5. The van der Waals surface area contributed by atoms with E-state index in [1.165, 1.54) is 12.1 Å². The van der Waals surface area contributed by atoms with Crippen molar-refractivity contribution < 1.29 is 4.92 Å². The lowest BCUT2D eigenvalue weighted by atomic mass is 10.0. The number of nitrogens with one attached hydrogen (secondary N) is 1. The van der Waals surface area contributed by atoms with Crippen molar-refractivity contribution in [3.8, 4) is 0 Å². The van der Waals surface area contributed by atoms with Crippen LogP contribution in [0.5, 0.6) is 0 Å². The molecule has 2 fully saturated rings. The van der Waals surface area contributed by atoms with Gasteiger partial charge in [-0.15, -0.1) is 0 Å². The van der Waals surface area contributed by atoms with Crippen LogP contribution >= 0.6 is 0 Å². The molecule has 9 N–H and O–H groups in total. The first-order valence-corrected chi connectivity index (χ1v) is 10.6. The molecule has 2 saturated heterocycles. The minimum atomic E-state index is -0.450. The molecule has 0 saturated carbocycles. The smallest absolute Gasteiger partial charge is 0.269 e. The summed E-state index contributed by atoms with van der Waals surface area (Å²) < 4.78 is 0. The van der Waals surface area contributed by atoms with E-state index < -0.39 is 4.92 Å². The Hall–Kier alpha value is -3.13. The van der Waals surface area contributed by atoms with Crippen molar-refractivity contribution in [1.82, 2.24) is 15.0 Å². The SMILES string of the molecule is N[C@@H]1C[C@H](N)CN(c2nc(Nc3ccc([N+](=O)[O-])cc3)nc(N3C[C@H](N)C[C@H](N)C3)n2)C1. The van der Waals surface area contributed by atoms with Gasteiger partial charge in [-0.2, -0.15) is 15.0 Å². The number of hydrogen-bond acceptors (Lipinski definition) is 12. The summed E-state index contributed by atoms with van der Waals surface area (Å²) >= 11 is 0. The number of nitrogens with two attached hydrogens (primary N) is 4. The number of piperidine rings is 2. The molecule has 0 amide bonds. The van der Waals surface area contributed by atoms with E-state index in [1.807, 2.05) is 9.80 Å². The number of nitro benzene ring substituents is 1. The first-order chi connectivity index (χ1) is 15.3. The summed E-state index contributed by atoms with van der Waals surface area (Å²) in [5.74, 6) is 1.22. The van der Waals surface area contributed by atoms with Crippen molar-refractivity contribution >= 4 is 29.2 Å². The molecule has 0 bridgehead atoms. The number of hydrogen-bond donors (Lipinski definition) is 5. The highest BCUT2D eigenvalue weighted by molar-refractivity contribution is 5.58. The highest BCUT2D eigenvalue weighted by Crippen LogP contribution is 2.24. The number of nitrogens with zero attached hydrogens (tertiary/aromatic N) is 6. The Balaban J connectivity index is 1.65. The van der Waals surface area contributed by atoms with Crippen LogP contribution in [0.25, 0.3) is 0 Å². The first kappa shape index (κ1) is 22.1. The minimum Gasteiger partial charge on any atom is -0.338 e. The van der Waals surface area contributed by atoms with Crippen molar-refractivity contribution in [3.63, 3.8) is 0 Å². The monoisotopic (exact) mass is 443 g/mol. The molecular weight excluding hydrogens is 414 g/mol. The summed E-state index contributed by atoms with van der Waals surface area (Å²) in [5, 5.41) is 14.0. The van der Waals surface area contributed by atoms with E-state index >= 15 is 0 Å². The summed E-state index contributed by atoms with van der Waals surface area (Å²) in [6.45, 7) is 2.31. The van der Waals surface area contributed by atoms with Crippen LogP contribution in [0.1, 0.15) is 12.8 Å². The fraction of sp³-hybridized carbons (Fsp3) is 0.526. The largest absolute Gasteiger partial charge is 0.338 e. The Bertz CT molecular complexity index is 893. The maximum Gasteiger partial charge on any atom is 0.269 e. The topological polar surface area (TPSA) is 204 Å². The van der Waals surface area contributed by atoms with Gasteiger partial charge in [0.25, 0.3) is 5.69 Å². The molecule has 0 unspecified atom stereocenters. The van der Waals surface area contributed by atoms with Gasteiger partial charge in [0, 0.05) is 68.2 Å². The van der Waals surface area contributed by atoms with Crippen LogP contribution < -0.4 is 38.1 Å². The molecule has 13 heteroatoms. The molecule has 0 radical (unpaired) electrons. The lowest BCUT2D eigenvalue weighted by Crippen LogP contribution is -2.54. The molecule has 4 atom stereocenters. The Labute approximate surface area is 185 Å². The van der Waals surface area contributed by atoms with Gasteiger partial charge in [-0.05, 0) is 25.0 Å². The zero-order valence-corrected chi connectivity index (χ0v) is 17.7. The van der Waals surface area contributed by atoms with Crippen LogP contribution in [-0.2, 0) is 0 Å². The molecule has 0 aliphatic carbocycles. The van der Waals surface area contributed by atoms with Gasteiger partial charge < -0.3 is 38.1 Å². The third-order valence-electron chi connectivity index (χ3n) is 5.54. The zero-order chi connectivity index (χ0) is 22.8. The van der Waals surface area contributed by atoms with Crippen molar-refractivity contribution in [2.24, 2.45) is 22.9 Å². The van der Waals surface area contributed by atoms with Crippen LogP contribution in [0.15, 0.2) is 24.3 Å². The molecule has 32 heavy (non-hydrogen) atoms. The van der Waals surface area contributed by atoms with Crippen molar-refractivity contribution in [1.29, 1.82) is 0 Å². The zero-order valence-electron chi connectivity index (χ0n) is 17.7. The van der Waals surface area contributed by atoms with Crippen molar-refractivity contribution in [3.05, 3.63) is 34.4 Å². The molecule has 3 heterocycles. The normalized spacial score (nSPS) is 26.1. The Kier molecular flexibility index (Phi) is 6.32. The van der Waals surface area contributed by atoms with E-state index in [-0.39, 0.29) is 29.9 Å². The summed E-state index contributed by atoms with van der Waals surface area (Å²) in [6.07, 6.45) is 1.47. The highest BCUT2D eigenvalue weighted by atomic mass is 16.6. The number of anilines is 4. The Morgan fingerprint density at radius 3 is 1.66 bits per heavy atom. The predicted octanol–water partition coefficient (Wildman–Crippen LogP) is -0.747. The molecule has 1 aromatic carbocycles.